The molecule has 0 radical (unpaired) electrons. The predicted molar refractivity (Wildman–Crippen MR) is 127 cm³/mol. The standard InChI is InChI=1S/C24H27FN4O3S/c1-24(2,3)20-14-21(27-23(26-20)33-15-16-8-9-19(32-16)22(30)31)29-12-10-28(11-13-29)18-7-5-4-6-17(18)25/h4-9,14H,10-13,15H2,1-3H3,(H,30,31). The number of carboxylic acids is 1. The van der Waals surface area contributed by atoms with Crippen LogP contribution in [0.25, 0.3) is 0 Å². The number of furan rings is 1. The zero-order valence-corrected chi connectivity index (χ0v) is 19.7. The van der Waals surface area contributed by atoms with E-state index in [9.17, 15) is 9.18 Å². The van der Waals surface area contributed by atoms with Crippen molar-refractivity contribution in [3.63, 3.8) is 0 Å². The highest BCUT2D eigenvalue weighted by Gasteiger charge is 2.24. The van der Waals surface area contributed by atoms with Gasteiger partial charge < -0.3 is 19.3 Å². The maximum atomic E-state index is 14.2. The molecule has 0 amide bonds. The number of anilines is 2. The van der Waals surface area contributed by atoms with Crippen molar-refractivity contribution in [1.82, 2.24) is 9.97 Å². The molecule has 1 fully saturated rings. The number of piperazine rings is 1. The smallest absolute Gasteiger partial charge is 0.371 e. The second kappa shape index (κ2) is 9.43. The van der Waals surface area contributed by atoms with Crippen LogP contribution in [0.5, 0.6) is 0 Å². The number of halogens is 1. The topological polar surface area (TPSA) is 82.7 Å². The number of benzene rings is 1. The van der Waals surface area contributed by atoms with Crippen molar-refractivity contribution in [2.24, 2.45) is 0 Å². The lowest BCUT2D eigenvalue weighted by Gasteiger charge is -2.37. The molecule has 0 aliphatic carbocycles. The van der Waals surface area contributed by atoms with Crippen molar-refractivity contribution >= 4 is 29.2 Å². The van der Waals surface area contributed by atoms with E-state index in [4.69, 9.17) is 19.5 Å². The summed E-state index contributed by atoms with van der Waals surface area (Å²) in [6, 6.07) is 12.0. The minimum atomic E-state index is -1.09. The van der Waals surface area contributed by atoms with E-state index < -0.39 is 5.97 Å². The predicted octanol–water partition coefficient (Wildman–Crippen LogP) is 4.82. The summed E-state index contributed by atoms with van der Waals surface area (Å²) in [7, 11) is 0. The maximum absolute atomic E-state index is 14.2. The first-order chi connectivity index (χ1) is 15.7. The number of nitrogens with zero attached hydrogens (tertiary/aromatic N) is 4. The average molecular weight is 471 g/mol. The van der Waals surface area contributed by atoms with E-state index in [1.54, 1.807) is 12.1 Å². The monoisotopic (exact) mass is 470 g/mol. The Balaban J connectivity index is 1.50. The number of hydrogen-bond donors (Lipinski definition) is 1. The third-order valence-electron chi connectivity index (χ3n) is 5.47. The number of carbonyl (C=O) groups is 1. The molecule has 1 aliphatic heterocycles. The minimum absolute atomic E-state index is 0.0802. The van der Waals surface area contributed by atoms with Gasteiger partial charge in [0.25, 0.3) is 0 Å². The average Bonchev–Trinajstić information content (AvgIpc) is 3.27. The van der Waals surface area contributed by atoms with Crippen molar-refractivity contribution in [3.05, 3.63) is 65.5 Å². The fourth-order valence-electron chi connectivity index (χ4n) is 3.61. The van der Waals surface area contributed by atoms with Crippen LogP contribution in [0.15, 0.2) is 52.0 Å². The molecule has 174 valence electrons. The first-order valence-corrected chi connectivity index (χ1v) is 11.8. The minimum Gasteiger partial charge on any atom is -0.475 e. The Labute approximate surface area is 196 Å². The highest BCUT2D eigenvalue weighted by molar-refractivity contribution is 7.98. The van der Waals surface area contributed by atoms with Gasteiger partial charge in [0, 0.05) is 37.7 Å². The van der Waals surface area contributed by atoms with Crippen molar-refractivity contribution in [1.29, 1.82) is 0 Å². The van der Waals surface area contributed by atoms with Crippen LogP contribution >= 0.6 is 11.8 Å². The number of rotatable bonds is 6. The number of hydrogen-bond acceptors (Lipinski definition) is 7. The summed E-state index contributed by atoms with van der Waals surface area (Å²) in [4.78, 5) is 24.8. The molecule has 1 N–H and O–H groups in total. The van der Waals surface area contributed by atoms with Crippen LogP contribution in [0, 0.1) is 5.82 Å². The Morgan fingerprint density at radius 1 is 1.09 bits per heavy atom. The molecule has 0 spiro atoms. The van der Waals surface area contributed by atoms with Crippen LogP contribution in [0.1, 0.15) is 42.8 Å². The Kier molecular flexibility index (Phi) is 6.60. The summed E-state index contributed by atoms with van der Waals surface area (Å²) in [5.74, 6) is 0.461. The lowest BCUT2D eigenvalue weighted by Crippen LogP contribution is -2.47. The van der Waals surface area contributed by atoms with Crippen molar-refractivity contribution in [2.75, 3.05) is 36.0 Å². The zero-order valence-electron chi connectivity index (χ0n) is 18.9. The molecular formula is C24H27FN4O3S. The van der Waals surface area contributed by atoms with E-state index in [1.165, 1.54) is 23.9 Å². The number of para-hydroxylation sites is 1. The Bertz CT molecular complexity index is 1140. The fraction of sp³-hybridized carbons (Fsp3) is 0.375. The quantitative estimate of drug-likeness (QED) is 0.405. The van der Waals surface area contributed by atoms with Crippen molar-refractivity contribution in [2.45, 2.75) is 37.1 Å². The Morgan fingerprint density at radius 3 is 2.42 bits per heavy atom. The first-order valence-electron chi connectivity index (χ1n) is 10.8. The van der Waals surface area contributed by atoms with E-state index in [-0.39, 0.29) is 17.0 Å². The molecule has 3 aromatic rings. The highest BCUT2D eigenvalue weighted by Crippen LogP contribution is 2.30. The molecular weight excluding hydrogens is 443 g/mol. The third-order valence-corrected chi connectivity index (χ3v) is 6.34. The van der Waals surface area contributed by atoms with Gasteiger partial charge in [-0.2, -0.15) is 0 Å². The molecule has 1 aliphatic rings. The molecule has 2 aromatic heterocycles. The molecule has 1 saturated heterocycles. The second-order valence-electron chi connectivity index (χ2n) is 8.93. The van der Waals surface area contributed by atoms with Crippen LogP contribution < -0.4 is 9.80 Å². The molecule has 0 atom stereocenters. The van der Waals surface area contributed by atoms with E-state index in [2.05, 4.69) is 30.6 Å². The third kappa shape index (κ3) is 5.47. The van der Waals surface area contributed by atoms with Gasteiger partial charge in [0.1, 0.15) is 17.4 Å². The summed E-state index contributed by atoms with van der Waals surface area (Å²) < 4.78 is 19.5. The van der Waals surface area contributed by atoms with Gasteiger partial charge in [0.15, 0.2) is 5.16 Å². The number of aromatic carboxylic acids is 1. The van der Waals surface area contributed by atoms with Crippen LogP contribution in [0.3, 0.4) is 0 Å². The lowest BCUT2D eigenvalue weighted by molar-refractivity contribution is 0.0661. The summed E-state index contributed by atoms with van der Waals surface area (Å²) >= 11 is 1.41. The van der Waals surface area contributed by atoms with E-state index >= 15 is 0 Å². The first kappa shape index (κ1) is 23.1. The SMILES string of the molecule is CC(C)(C)c1cc(N2CCN(c3ccccc3F)CC2)nc(SCc2ccc(C(=O)O)o2)n1. The number of aromatic nitrogens is 2. The normalized spacial score (nSPS) is 14.5. The van der Waals surface area contributed by atoms with Crippen LogP contribution in [0.4, 0.5) is 15.9 Å². The molecule has 7 nitrogen and oxygen atoms in total. The van der Waals surface area contributed by atoms with Gasteiger partial charge in [-0.05, 0) is 24.3 Å². The van der Waals surface area contributed by atoms with Gasteiger partial charge >= 0.3 is 5.97 Å². The molecule has 3 heterocycles. The highest BCUT2D eigenvalue weighted by atomic mass is 32.2. The molecule has 4 rings (SSSR count). The van der Waals surface area contributed by atoms with Gasteiger partial charge in [-0.3, -0.25) is 0 Å². The van der Waals surface area contributed by atoms with Gasteiger partial charge in [0.05, 0.1) is 17.1 Å². The summed E-state index contributed by atoms with van der Waals surface area (Å²) in [6.45, 7) is 9.16. The molecule has 33 heavy (non-hydrogen) atoms. The van der Waals surface area contributed by atoms with Gasteiger partial charge in [-0.15, -0.1) is 0 Å². The summed E-state index contributed by atoms with van der Waals surface area (Å²) in [5.41, 5.74) is 1.39. The second-order valence-corrected chi connectivity index (χ2v) is 9.87. The van der Waals surface area contributed by atoms with Crippen molar-refractivity contribution in [3.8, 4) is 0 Å². The van der Waals surface area contributed by atoms with Crippen molar-refractivity contribution < 1.29 is 18.7 Å². The van der Waals surface area contributed by atoms with Crippen LogP contribution in [-0.2, 0) is 11.2 Å². The van der Waals surface area contributed by atoms with E-state index in [0.717, 1.165) is 24.6 Å². The Hall–Kier alpha value is -3.07. The van der Waals surface area contributed by atoms with Gasteiger partial charge in [-0.25, -0.2) is 19.2 Å². The van der Waals surface area contributed by atoms with Gasteiger partial charge in [0.2, 0.25) is 5.76 Å². The molecule has 0 saturated carbocycles. The number of thioether (sulfide) groups is 1. The molecule has 1 aromatic carbocycles. The van der Waals surface area contributed by atoms with Gasteiger partial charge in [-0.1, -0.05) is 44.7 Å². The summed E-state index contributed by atoms with van der Waals surface area (Å²) in [5, 5.41) is 9.65. The zero-order chi connectivity index (χ0) is 23.6. The number of carboxylic acid groups (broad SMARTS) is 1. The maximum Gasteiger partial charge on any atom is 0.371 e. The van der Waals surface area contributed by atoms with E-state index in [1.807, 2.05) is 18.2 Å². The summed E-state index contributed by atoms with van der Waals surface area (Å²) in [6.07, 6.45) is 0. The molecule has 0 bridgehead atoms. The van der Waals surface area contributed by atoms with E-state index in [0.29, 0.717) is 35.4 Å². The molecule has 0 unspecified atom stereocenters. The van der Waals surface area contributed by atoms with Crippen LogP contribution in [0.2, 0.25) is 0 Å². The largest absolute Gasteiger partial charge is 0.475 e. The fourth-order valence-corrected chi connectivity index (χ4v) is 4.36. The van der Waals surface area contributed by atoms with Crippen LogP contribution in [-0.4, -0.2) is 47.2 Å². The lowest BCUT2D eigenvalue weighted by atomic mass is 9.92. The Morgan fingerprint density at radius 2 is 1.79 bits per heavy atom. The molecule has 9 heteroatoms.